The molecule has 0 unspecified atom stereocenters. The van der Waals surface area contributed by atoms with Gasteiger partial charge in [-0.1, -0.05) is 31.2 Å². The SMILES string of the molecule is CCOC(=O)c1ccc(NC(=O)NCCc2ccc(CC)cc2)cc1. The smallest absolute Gasteiger partial charge is 0.338 e. The lowest BCUT2D eigenvalue weighted by Gasteiger charge is -2.09. The number of aryl methyl sites for hydroxylation is 1. The van der Waals surface area contributed by atoms with E-state index in [1.807, 2.05) is 0 Å². The number of hydrogen-bond donors (Lipinski definition) is 2. The van der Waals surface area contributed by atoms with Crippen molar-refractivity contribution in [2.45, 2.75) is 26.7 Å². The van der Waals surface area contributed by atoms with Crippen LogP contribution in [-0.2, 0) is 17.6 Å². The Morgan fingerprint density at radius 1 is 0.920 bits per heavy atom. The first kappa shape index (κ1) is 18.5. The van der Waals surface area contributed by atoms with Gasteiger partial charge in [0.05, 0.1) is 12.2 Å². The highest BCUT2D eigenvalue weighted by molar-refractivity contribution is 5.92. The fraction of sp³-hybridized carbons (Fsp3) is 0.300. The summed E-state index contributed by atoms with van der Waals surface area (Å²) in [5.41, 5.74) is 3.58. The summed E-state index contributed by atoms with van der Waals surface area (Å²) in [5.74, 6) is -0.368. The molecule has 2 N–H and O–H groups in total. The van der Waals surface area contributed by atoms with Crippen LogP contribution in [0, 0.1) is 0 Å². The summed E-state index contributed by atoms with van der Waals surface area (Å²) in [7, 11) is 0. The number of amides is 2. The van der Waals surface area contributed by atoms with Crippen LogP contribution < -0.4 is 10.6 Å². The summed E-state index contributed by atoms with van der Waals surface area (Å²) >= 11 is 0. The van der Waals surface area contributed by atoms with Crippen LogP contribution in [0.5, 0.6) is 0 Å². The van der Waals surface area contributed by atoms with Gasteiger partial charge in [-0.2, -0.15) is 0 Å². The number of rotatable bonds is 7. The molecule has 0 aliphatic heterocycles. The van der Waals surface area contributed by atoms with Crippen LogP contribution >= 0.6 is 0 Å². The number of nitrogens with one attached hydrogen (secondary N) is 2. The van der Waals surface area contributed by atoms with Gasteiger partial charge < -0.3 is 15.4 Å². The van der Waals surface area contributed by atoms with Crippen LogP contribution in [-0.4, -0.2) is 25.2 Å². The third-order valence-electron chi connectivity index (χ3n) is 3.78. The van der Waals surface area contributed by atoms with Gasteiger partial charge in [-0.3, -0.25) is 0 Å². The predicted molar refractivity (Wildman–Crippen MR) is 98.9 cm³/mol. The van der Waals surface area contributed by atoms with E-state index in [2.05, 4.69) is 41.8 Å². The van der Waals surface area contributed by atoms with Crippen molar-refractivity contribution < 1.29 is 14.3 Å². The summed E-state index contributed by atoms with van der Waals surface area (Å²) in [6, 6.07) is 14.7. The van der Waals surface area contributed by atoms with E-state index in [4.69, 9.17) is 4.74 Å². The normalized spacial score (nSPS) is 10.2. The lowest BCUT2D eigenvalue weighted by Crippen LogP contribution is -2.30. The highest BCUT2D eigenvalue weighted by Gasteiger charge is 2.07. The average molecular weight is 340 g/mol. The van der Waals surface area contributed by atoms with Gasteiger partial charge in [0.1, 0.15) is 0 Å². The van der Waals surface area contributed by atoms with Crippen molar-refractivity contribution in [3.63, 3.8) is 0 Å². The molecule has 132 valence electrons. The van der Waals surface area contributed by atoms with E-state index < -0.39 is 0 Å². The molecule has 0 aliphatic rings. The Morgan fingerprint density at radius 2 is 1.56 bits per heavy atom. The van der Waals surface area contributed by atoms with Crippen molar-refractivity contribution in [3.05, 3.63) is 65.2 Å². The van der Waals surface area contributed by atoms with E-state index >= 15 is 0 Å². The van der Waals surface area contributed by atoms with Gasteiger partial charge in [-0.15, -0.1) is 0 Å². The van der Waals surface area contributed by atoms with Crippen LogP contribution in [0.15, 0.2) is 48.5 Å². The van der Waals surface area contributed by atoms with Crippen molar-refractivity contribution in [2.75, 3.05) is 18.5 Å². The largest absolute Gasteiger partial charge is 0.462 e. The first-order valence-corrected chi connectivity index (χ1v) is 8.52. The number of anilines is 1. The molecule has 0 heterocycles. The van der Waals surface area contributed by atoms with E-state index in [1.54, 1.807) is 31.2 Å². The molecule has 0 radical (unpaired) electrons. The molecule has 0 saturated carbocycles. The Balaban J connectivity index is 1.76. The Morgan fingerprint density at radius 3 is 2.16 bits per heavy atom. The minimum atomic E-state index is -0.368. The Bertz CT molecular complexity index is 694. The second-order valence-electron chi connectivity index (χ2n) is 5.60. The van der Waals surface area contributed by atoms with Gasteiger partial charge in [0.15, 0.2) is 0 Å². The number of ether oxygens (including phenoxy) is 1. The lowest BCUT2D eigenvalue weighted by atomic mass is 10.1. The van der Waals surface area contributed by atoms with Crippen molar-refractivity contribution in [2.24, 2.45) is 0 Å². The second-order valence-corrected chi connectivity index (χ2v) is 5.60. The molecule has 0 bridgehead atoms. The van der Waals surface area contributed by atoms with Crippen molar-refractivity contribution in [3.8, 4) is 0 Å². The number of esters is 1. The number of hydrogen-bond acceptors (Lipinski definition) is 3. The van der Waals surface area contributed by atoms with E-state index in [0.717, 1.165) is 12.8 Å². The third kappa shape index (κ3) is 5.95. The van der Waals surface area contributed by atoms with E-state index in [9.17, 15) is 9.59 Å². The molecule has 25 heavy (non-hydrogen) atoms. The average Bonchev–Trinajstić information content (AvgIpc) is 2.63. The quantitative estimate of drug-likeness (QED) is 0.754. The van der Waals surface area contributed by atoms with E-state index in [1.165, 1.54) is 11.1 Å². The van der Waals surface area contributed by atoms with Gasteiger partial charge in [0, 0.05) is 12.2 Å². The predicted octanol–water partition coefficient (Wildman–Crippen LogP) is 3.79. The second kappa shape index (κ2) is 9.47. The van der Waals surface area contributed by atoms with Crippen LogP contribution in [0.1, 0.15) is 35.3 Å². The summed E-state index contributed by atoms with van der Waals surface area (Å²) in [5, 5.41) is 5.57. The molecule has 2 aromatic rings. The van der Waals surface area contributed by atoms with Gasteiger partial charge in [-0.05, 0) is 55.2 Å². The highest BCUT2D eigenvalue weighted by atomic mass is 16.5. The molecule has 0 saturated heterocycles. The van der Waals surface area contributed by atoms with E-state index in [-0.39, 0.29) is 12.0 Å². The molecule has 0 spiro atoms. The molecule has 0 aromatic heterocycles. The maximum Gasteiger partial charge on any atom is 0.338 e. The van der Waals surface area contributed by atoms with Gasteiger partial charge in [-0.25, -0.2) is 9.59 Å². The molecule has 5 nitrogen and oxygen atoms in total. The third-order valence-corrected chi connectivity index (χ3v) is 3.78. The molecule has 2 amide bonds. The van der Waals surface area contributed by atoms with Gasteiger partial charge >= 0.3 is 12.0 Å². The molecular weight excluding hydrogens is 316 g/mol. The zero-order chi connectivity index (χ0) is 18.1. The zero-order valence-electron chi connectivity index (χ0n) is 14.7. The Kier molecular flexibility index (Phi) is 7.01. The Labute approximate surface area is 148 Å². The first-order chi connectivity index (χ1) is 12.1. The number of carbonyl (C=O) groups excluding carboxylic acids is 2. The summed E-state index contributed by atoms with van der Waals surface area (Å²) in [6.07, 6.45) is 1.80. The minimum Gasteiger partial charge on any atom is -0.462 e. The van der Waals surface area contributed by atoms with Crippen LogP contribution in [0.3, 0.4) is 0 Å². The number of benzene rings is 2. The minimum absolute atomic E-state index is 0.269. The summed E-state index contributed by atoms with van der Waals surface area (Å²) in [4.78, 5) is 23.5. The fourth-order valence-electron chi connectivity index (χ4n) is 2.34. The monoisotopic (exact) mass is 340 g/mol. The van der Waals surface area contributed by atoms with E-state index in [0.29, 0.717) is 24.4 Å². The molecule has 0 atom stereocenters. The standard InChI is InChI=1S/C20H24N2O3/c1-3-15-5-7-16(8-6-15)13-14-21-20(24)22-18-11-9-17(10-12-18)19(23)25-4-2/h5-12H,3-4,13-14H2,1-2H3,(H2,21,22,24). The van der Waals surface area contributed by atoms with Crippen LogP contribution in [0.2, 0.25) is 0 Å². The molecule has 0 fully saturated rings. The number of urea groups is 1. The maximum absolute atomic E-state index is 11.9. The molecule has 0 aliphatic carbocycles. The molecule has 2 aromatic carbocycles. The summed E-state index contributed by atoms with van der Waals surface area (Å²) in [6.45, 7) is 4.77. The first-order valence-electron chi connectivity index (χ1n) is 8.52. The lowest BCUT2D eigenvalue weighted by molar-refractivity contribution is 0.0526. The number of carbonyl (C=O) groups is 2. The molecule has 5 heteroatoms. The van der Waals surface area contributed by atoms with Gasteiger partial charge in [0.25, 0.3) is 0 Å². The molecule has 2 rings (SSSR count). The highest BCUT2D eigenvalue weighted by Crippen LogP contribution is 2.10. The topological polar surface area (TPSA) is 67.4 Å². The maximum atomic E-state index is 11.9. The van der Waals surface area contributed by atoms with Crippen molar-refractivity contribution in [1.82, 2.24) is 5.32 Å². The molecular formula is C20H24N2O3. The van der Waals surface area contributed by atoms with Gasteiger partial charge in [0.2, 0.25) is 0 Å². The zero-order valence-corrected chi connectivity index (χ0v) is 14.7. The Hall–Kier alpha value is -2.82. The fourth-order valence-corrected chi connectivity index (χ4v) is 2.34. The summed E-state index contributed by atoms with van der Waals surface area (Å²) < 4.78 is 4.92. The van der Waals surface area contributed by atoms with Crippen LogP contribution in [0.4, 0.5) is 10.5 Å². The van der Waals surface area contributed by atoms with Crippen molar-refractivity contribution in [1.29, 1.82) is 0 Å². The van der Waals surface area contributed by atoms with Crippen LogP contribution in [0.25, 0.3) is 0 Å². The van der Waals surface area contributed by atoms with Crippen molar-refractivity contribution >= 4 is 17.7 Å².